The van der Waals surface area contributed by atoms with E-state index in [2.05, 4.69) is 42.3 Å². The Kier molecular flexibility index (Phi) is 28.6. The Morgan fingerprint density at radius 3 is 1.17 bits per heavy atom. The van der Waals surface area contributed by atoms with Crippen LogP contribution in [-0.4, -0.2) is 4.57 Å². The van der Waals surface area contributed by atoms with Gasteiger partial charge in [-0.2, -0.15) is 0 Å². The first-order valence-corrected chi connectivity index (χ1v) is 19.4. The lowest BCUT2D eigenvalue weighted by molar-refractivity contribution is -0.704. The Balaban J connectivity index is 2.31. The summed E-state index contributed by atoms with van der Waals surface area (Å²) >= 11 is 0. The third-order valence-corrected chi connectivity index (χ3v) is 9.35. The van der Waals surface area contributed by atoms with Gasteiger partial charge in [0.15, 0.2) is 0 Å². The molecule has 1 heterocycles. The minimum atomic E-state index is 1.23. The predicted molar refractivity (Wildman–Crippen MR) is 184 cm³/mol. The molecule has 1 aromatic heterocycles. The van der Waals surface area contributed by atoms with Gasteiger partial charge in [0, 0.05) is 6.42 Å². The molecular weight excluding hydrogens is 496 g/mol. The fourth-order valence-corrected chi connectivity index (χ4v) is 6.50. The highest BCUT2D eigenvalue weighted by Gasteiger charge is 2.16. The first-order valence-electron chi connectivity index (χ1n) is 19.4. The molecule has 0 aromatic carbocycles. The normalized spacial score (nSPS) is 11.6. The Labute approximate surface area is 259 Å². The molecule has 0 unspecified atom stereocenters. The Morgan fingerprint density at radius 1 is 0.415 bits per heavy atom. The highest BCUT2D eigenvalue weighted by molar-refractivity contribution is 4.84. The maximum atomic E-state index is 2.63. The van der Waals surface area contributed by atoms with Gasteiger partial charge in [0.25, 0.3) is 5.82 Å². The van der Waals surface area contributed by atoms with Gasteiger partial charge in [-0.15, -0.1) is 0 Å². The number of nitrogens with zero attached hydrogens (tertiary/aromatic N) is 2. The Morgan fingerprint density at radius 2 is 0.756 bits per heavy atom. The monoisotopic (exact) mass is 574 g/mol. The quantitative estimate of drug-likeness (QED) is 0.0584. The van der Waals surface area contributed by atoms with E-state index in [9.17, 15) is 0 Å². The Bertz CT molecular complexity index is 634. The third-order valence-electron chi connectivity index (χ3n) is 9.35. The molecule has 2 heteroatoms. The molecule has 1 aromatic rings. The van der Waals surface area contributed by atoms with Crippen molar-refractivity contribution in [3.63, 3.8) is 0 Å². The van der Waals surface area contributed by atoms with Gasteiger partial charge in [-0.1, -0.05) is 181 Å². The van der Waals surface area contributed by atoms with Crippen LogP contribution in [0.25, 0.3) is 0 Å². The van der Waals surface area contributed by atoms with Crippen molar-refractivity contribution < 1.29 is 4.57 Å². The number of aromatic nitrogens is 2. The maximum Gasteiger partial charge on any atom is 0.256 e. The second kappa shape index (κ2) is 30.7. The first-order chi connectivity index (χ1) is 20.3. The molecule has 0 atom stereocenters. The van der Waals surface area contributed by atoms with E-state index in [1.54, 1.807) is 5.82 Å². The third kappa shape index (κ3) is 23.4. The van der Waals surface area contributed by atoms with Crippen LogP contribution in [0.4, 0.5) is 0 Å². The van der Waals surface area contributed by atoms with Crippen molar-refractivity contribution in [2.75, 3.05) is 0 Å². The number of aryl methyl sites for hydroxylation is 2. The molecule has 0 N–H and O–H groups in total. The number of imidazole rings is 1. The van der Waals surface area contributed by atoms with Gasteiger partial charge in [0.1, 0.15) is 12.4 Å². The molecule has 0 aliphatic heterocycles. The zero-order valence-electron chi connectivity index (χ0n) is 28.9. The van der Waals surface area contributed by atoms with Crippen LogP contribution < -0.4 is 4.57 Å². The second-order valence-electron chi connectivity index (χ2n) is 13.4. The van der Waals surface area contributed by atoms with Crippen LogP contribution in [0.15, 0.2) is 12.4 Å². The fourth-order valence-electron chi connectivity index (χ4n) is 6.50. The highest BCUT2D eigenvalue weighted by atomic mass is 15.1. The van der Waals surface area contributed by atoms with E-state index in [1.165, 1.54) is 212 Å². The van der Waals surface area contributed by atoms with Crippen molar-refractivity contribution >= 4 is 0 Å². The maximum absolute atomic E-state index is 2.63. The molecule has 0 radical (unpaired) electrons. The number of hydrogen-bond acceptors (Lipinski definition) is 0. The fraction of sp³-hybridized carbons (Fsp3) is 0.923. The van der Waals surface area contributed by atoms with Crippen LogP contribution >= 0.6 is 0 Å². The van der Waals surface area contributed by atoms with Crippen LogP contribution in [0.1, 0.15) is 219 Å². The molecule has 41 heavy (non-hydrogen) atoms. The van der Waals surface area contributed by atoms with E-state index >= 15 is 0 Å². The molecule has 0 saturated carbocycles. The summed E-state index contributed by atoms with van der Waals surface area (Å²) in [4.78, 5) is 0. The van der Waals surface area contributed by atoms with Crippen LogP contribution in [0.3, 0.4) is 0 Å². The van der Waals surface area contributed by atoms with E-state index in [1.807, 2.05) is 0 Å². The lowest BCUT2D eigenvalue weighted by Gasteiger charge is -2.07. The lowest BCUT2D eigenvalue weighted by Crippen LogP contribution is -2.37. The van der Waals surface area contributed by atoms with Crippen LogP contribution in [0, 0.1) is 0 Å². The SMILES string of the molecule is CCCCCCCCCCCCCCn1cc[n+](CCCCCCCCCCC)c1CCCCCCCCCCC. The van der Waals surface area contributed by atoms with Crippen molar-refractivity contribution in [1.29, 1.82) is 0 Å². The molecule has 0 bridgehead atoms. The van der Waals surface area contributed by atoms with Gasteiger partial charge >= 0.3 is 0 Å². The van der Waals surface area contributed by atoms with Gasteiger partial charge in [0.05, 0.1) is 13.1 Å². The van der Waals surface area contributed by atoms with E-state index in [-0.39, 0.29) is 0 Å². The summed E-state index contributed by atoms with van der Waals surface area (Å²) < 4.78 is 5.27. The largest absolute Gasteiger partial charge is 0.256 e. The number of hydrogen-bond donors (Lipinski definition) is 0. The number of unbranched alkanes of at least 4 members (excludes halogenated alkanes) is 27. The number of rotatable bonds is 33. The van der Waals surface area contributed by atoms with Crippen LogP contribution in [0.2, 0.25) is 0 Å². The highest BCUT2D eigenvalue weighted by Crippen LogP contribution is 2.15. The molecule has 0 spiro atoms. The lowest BCUT2D eigenvalue weighted by atomic mass is 10.1. The zero-order valence-corrected chi connectivity index (χ0v) is 28.9. The van der Waals surface area contributed by atoms with E-state index in [0.717, 1.165) is 0 Å². The first kappa shape index (κ1) is 38.2. The van der Waals surface area contributed by atoms with Crippen molar-refractivity contribution in [3.8, 4) is 0 Å². The topological polar surface area (TPSA) is 8.81 Å². The molecule has 1 rings (SSSR count). The summed E-state index contributed by atoms with van der Waals surface area (Å²) in [6.45, 7) is 9.40. The van der Waals surface area contributed by atoms with E-state index in [0.29, 0.717) is 0 Å². The molecule has 0 aliphatic rings. The molecule has 0 aliphatic carbocycles. The van der Waals surface area contributed by atoms with E-state index < -0.39 is 0 Å². The van der Waals surface area contributed by atoms with E-state index in [4.69, 9.17) is 0 Å². The minimum absolute atomic E-state index is 1.23. The standard InChI is InChI=1S/C39H77N2/c1-4-7-10-13-16-19-20-21-24-27-30-33-36-41-38-37-40(35-32-29-26-23-18-15-12-9-6-3)39(41)34-31-28-25-22-17-14-11-8-5-2/h37-38H,4-36H2,1-3H3/q+1. The van der Waals surface area contributed by atoms with Gasteiger partial charge in [-0.25, -0.2) is 9.13 Å². The molecule has 0 saturated heterocycles. The van der Waals surface area contributed by atoms with Crippen LogP contribution in [-0.2, 0) is 19.5 Å². The molecule has 2 nitrogen and oxygen atoms in total. The second-order valence-corrected chi connectivity index (χ2v) is 13.4. The van der Waals surface area contributed by atoms with Crippen molar-refractivity contribution in [2.24, 2.45) is 0 Å². The van der Waals surface area contributed by atoms with Crippen molar-refractivity contribution in [2.45, 2.75) is 233 Å². The summed E-state index contributed by atoms with van der Waals surface area (Å²) in [5, 5.41) is 0. The molecule has 242 valence electrons. The zero-order chi connectivity index (χ0) is 29.5. The predicted octanol–water partition coefficient (Wildman–Crippen LogP) is 13.1. The smallest absolute Gasteiger partial charge is 0.234 e. The minimum Gasteiger partial charge on any atom is -0.234 e. The van der Waals surface area contributed by atoms with Crippen molar-refractivity contribution in [3.05, 3.63) is 18.2 Å². The summed E-state index contributed by atoms with van der Waals surface area (Å²) in [6.07, 6.45) is 48.9. The van der Waals surface area contributed by atoms with Gasteiger partial charge < -0.3 is 0 Å². The average molecular weight is 574 g/mol. The summed E-state index contributed by atoms with van der Waals surface area (Å²) in [7, 11) is 0. The molecule has 0 fully saturated rings. The van der Waals surface area contributed by atoms with Gasteiger partial charge in [-0.3, -0.25) is 0 Å². The Hall–Kier alpha value is -0.790. The summed E-state index contributed by atoms with van der Waals surface area (Å²) in [5.41, 5.74) is 0. The van der Waals surface area contributed by atoms with Gasteiger partial charge in [0.2, 0.25) is 0 Å². The average Bonchev–Trinajstić information content (AvgIpc) is 3.37. The summed E-state index contributed by atoms with van der Waals surface area (Å²) in [5.74, 6) is 1.62. The van der Waals surface area contributed by atoms with Crippen LogP contribution in [0.5, 0.6) is 0 Å². The summed E-state index contributed by atoms with van der Waals surface area (Å²) in [6, 6.07) is 0. The van der Waals surface area contributed by atoms with Crippen molar-refractivity contribution in [1.82, 2.24) is 4.57 Å². The molecular formula is C39H77N2+. The van der Waals surface area contributed by atoms with Gasteiger partial charge in [-0.05, 0) is 32.1 Å². The molecule has 0 amide bonds.